The molecule has 0 aromatic carbocycles. The van der Waals surface area contributed by atoms with Crippen LogP contribution in [0, 0.1) is 0 Å². The van der Waals surface area contributed by atoms with Gasteiger partial charge in [-0.2, -0.15) is 5.10 Å². The van der Waals surface area contributed by atoms with Crippen LogP contribution in [0.15, 0.2) is 23.5 Å². The number of hydrogen-bond donors (Lipinski definition) is 2. The van der Waals surface area contributed by atoms with E-state index < -0.39 is 9.84 Å². The number of rotatable bonds is 7. The van der Waals surface area contributed by atoms with E-state index in [1.54, 1.807) is 13.2 Å². The molecule has 0 unspecified atom stereocenters. The molecule has 2 heterocycles. The van der Waals surface area contributed by atoms with Crippen molar-refractivity contribution in [3.05, 3.63) is 18.5 Å². The molecule has 2 rings (SSSR count). The van der Waals surface area contributed by atoms with Crippen LogP contribution < -0.4 is 10.6 Å². The van der Waals surface area contributed by atoms with E-state index in [1.807, 2.05) is 16.9 Å². The second-order valence-electron chi connectivity index (χ2n) is 5.54. The Bertz CT molecular complexity index is 576. The molecule has 24 heavy (non-hydrogen) atoms. The summed E-state index contributed by atoms with van der Waals surface area (Å²) < 4.78 is 24.7. The molecular formula is C14H27IN6O2S. The van der Waals surface area contributed by atoms with E-state index in [9.17, 15) is 8.42 Å². The van der Waals surface area contributed by atoms with E-state index in [4.69, 9.17) is 0 Å². The summed E-state index contributed by atoms with van der Waals surface area (Å²) in [6, 6.07) is 1.92. The average Bonchev–Trinajstić information content (AvgIpc) is 3.04. The molecule has 0 atom stereocenters. The van der Waals surface area contributed by atoms with E-state index in [-0.39, 0.29) is 35.5 Å². The zero-order chi connectivity index (χ0) is 16.5. The summed E-state index contributed by atoms with van der Waals surface area (Å²) in [5, 5.41) is 10.7. The number of hydrogen-bond acceptors (Lipinski definition) is 5. The second-order valence-corrected chi connectivity index (χ2v) is 7.85. The number of sulfone groups is 1. The fourth-order valence-corrected chi connectivity index (χ4v) is 3.68. The summed E-state index contributed by atoms with van der Waals surface area (Å²) in [4.78, 5) is 6.35. The van der Waals surface area contributed by atoms with Gasteiger partial charge in [0.15, 0.2) is 15.8 Å². The van der Waals surface area contributed by atoms with Crippen LogP contribution in [0.5, 0.6) is 0 Å². The van der Waals surface area contributed by atoms with Crippen molar-refractivity contribution in [3.63, 3.8) is 0 Å². The highest BCUT2D eigenvalue weighted by molar-refractivity contribution is 14.0. The van der Waals surface area contributed by atoms with E-state index in [2.05, 4.69) is 25.6 Å². The first-order valence-corrected chi connectivity index (χ1v) is 9.76. The quantitative estimate of drug-likeness (QED) is 0.248. The molecule has 1 aliphatic heterocycles. The number of guanidine groups is 1. The molecule has 10 heteroatoms. The van der Waals surface area contributed by atoms with Crippen molar-refractivity contribution >= 4 is 39.8 Å². The van der Waals surface area contributed by atoms with Crippen molar-refractivity contribution in [2.75, 3.05) is 51.3 Å². The molecule has 1 aliphatic rings. The molecule has 138 valence electrons. The predicted octanol–water partition coefficient (Wildman–Crippen LogP) is -0.213. The van der Waals surface area contributed by atoms with Gasteiger partial charge < -0.3 is 10.6 Å². The van der Waals surface area contributed by atoms with Crippen LogP contribution in [0.1, 0.15) is 6.42 Å². The molecule has 0 saturated carbocycles. The zero-order valence-corrected chi connectivity index (χ0v) is 17.2. The molecule has 1 fully saturated rings. The third kappa shape index (κ3) is 7.79. The van der Waals surface area contributed by atoms with E-state index >= 15 is 0 Å². The first-order chi connectivity index (χ1) is 11.1. The summed E-state index contributed by atoms with van der Waals surface area (Å²) >= 11 is 0. The zero-order valence-electron chi connectivity index (χ0n) is 14.0. The topological polar surface area (TPSA) is 91.6 Å². The van der Waals surface area contributed by atoms with Crippen molar-refractivity contribution in [2.24, 2.45) is 4.99 Å². The highest BCUT2D eigenvalue weighted by atomic mass is 127. The number of aromatic nitrogens is 2. The summed E-state index contributed by atoms with van der Waals surface area (Å²) in [7, 11) is -1.05. The smallest absolute Gasteiger partial charge is 0.191 e. The number of aryl methyl sites for hydroxylation is 1. The predicted molar refractivity (Wildman–Crippen MR) is 107 cm³/mol. The van der Waals surface area contributed by atoms with Crippen LogP contribution in [0.25, 0.3) is 0 Å². The van der Waals surface area contributed by atoms with E-state index in [0.29, 0.717) is 13.1 Å². The lowest BCUT2D eigenvalue weighted by molar-refractivity contribution is 0.299. The highest BCUT2D eigenvalue weighted by Gasteiger charge is 2.20. The summed E-state index contributed by atoms with van der Waals surface area (Å²) in [6.07, 6.45) is 4.69. The van der Waals surface area contributed by atoms with Gasteiger partial charge in [-0.25, -0.2) is 8.42 Å². The lowest BCUT2D eigenvalue weighted by Gasteiger charge is -2.26. The van der Waals surface area contributed by atoms with E-state index in [1.165, 1.54) is 0 Å². The molecule has 2 N–H and O–H groups in total. The minimum Gasteiger partial charge on any atom is -0.356 e. The highest BCUT2D eigenvalue weighted by Crippen LogP contribution is 2.02. The van der Waals surface area contributed by atoms with Gasteiger partial charge >= 0.3 is 0 Å². The molecular weight excluding hydrogens is 443 g/mol. The SMILES string of the molecule is CN=C(NCCCn1cccn1)NCCN1CCS(=O)(=O)CC1.I. The van der Waals surface area contributed by atoms with Crippen LogP contribution in [-0.4, -0.2) is 80.3 Å². The minimum atomic E-state index is -2.80. The van der Waals surface area contributed by atoms with Crippen molar-refractivity contribution in [1.82, 2.24) is 25.3 Å². The number of aliphatic imine (C=N–C) groups is 1. The third-order valence-electron chi connectivity index (χ3n) is 3.80. The fraction of sp³-hybridized carbons (Fsp3) is 0.714. The van der Waals surface area contributed by atoms with Crippen LogP contribution >= 0.6 is 24.0 Å². The Morgan fingerprint density at radius 1 is 1.21 bits per heavy atom. The number of nitrogens with one attached hydrogen (secondary N) is 2. The number of halogens is 1. The van der Waals surface area contributed by atoms with Crippen LogP contribution in [0.2, 0.25) is 0 Å². The molecule has 0 amide bonds. The molecule has 1 aromatic rings. The van der Waals surface area contributed by atoms with Gasteiger partial charge in [0.05, 0.1) is 11.5 Å². The van der Waals surface area contributed by atoms with Gasteiger partial charge in [-0.15, -0.1) is 24.0 Å². The third-order valence-corrected chi connectivity index (χ3v) is 5.41. The van der Waals surface area contributed by atoms with E-state index in [0.717, 1.165) is 38.6 Å². The Hall–Kier alpha value is -0.880. The second kappa shape index (κ2) is 10.9. The average molecular weight is 470 g/mol. The molecule has 0 bridgehead atoms. The maximum atomic E-state index is 11.4. The molecule has 1 aromatic heterocycles. The van der Waals surface area contributed by atoms with Crippen LogP contribution in [-0.2, 0) is 16.4 Å². The molecule has 0 aliphatic carbocycles. The van der Waals surface area contributed by atoms with Gasteiger partial charge in [0.25, 0.3) is 0 Å². The molecule has 8 nitrogen and oxygen atoms in total. The monoisotopic (exact) mass is 470 g/mol. The van der Waals surface area contributed by atoms with Gasteiger partial charge in [0, 0.05) is 58.7 Å². The van der Waals surface area contributed by atoms with Crippen molar-refractivity contribution in [2.45, 2.75) is 13.0 Å². The summed E-state index contributed by atoms with van der Waals surface area (Å²) in [5.74, 6) is 1.32. The van der Waals surface area contributed by atoms with Crippen molar-refractivity contribution < 1.29 is 8.42 Å². The molecule has 0 spiro atoms. The number of nitrogens with zero attached hydrogens (tertiary/aromatic N) is 4. The maximum absolute atomic E-state index is 11.4. The normalized spacial score (nSPS) is 18.0. The van der Waals surface area contributed by atoms with Gasteiger partial charge in [0.2, 0.25) is 0 Å². The summed E-state index contributed by atoms with van der Waals surface area (Å²) in [6.45, 7) is 4.52. The first-order valence-electron chi connectivity index (χ1n) is 7.94. The van der Waals surface area contributed by atoms with Gasteiger partial charge in [-0.3, -0.25) is 14.6 Å². The van der Waals surface area contributed by atoms with Gasteiger partial charge in [0.1, 0.15) is 0 Å². The van der Waals surface area contributed by atoms with Crippen LogP contribution in [0.4, 0.5) is 0 Å². The molecule has 1 saturated heterocycles. The Morgan fingerprint density at radius 2 is 1.92 bits per heavy atom. The standard InChI is InChI=1S/C14H26N6O2S.HI/c1-15-14(16-4-2-7-20-8-3-5-18-20)17-6-9-19-10-12-23(21,22)13-11-19;/h3,5,8H,2,4,6-7,9-13H2,1H3,(H2,15,16,17);1H. The van der Waals surface area contributed by atoms with Crippen molar-refractivity contribution in [3.8, 4) is 0 Å². The maximum Gasteiger partial charge on any atom is 0.191 e. The molecule has 0 radical (unpaired) electrons. The Kier molecular flexibility index (Phi) is 9.59. The van der Waals surface area contributed by atoms with Gasteiger partial charge in [-0.1, -0.05) is 0 Å². The van der Waals surface area contributed by atoms with Gasteiger partial charge in [-0.05, 0) is 12.5 Å². The van der Waals surface area contributed by atoms with Crippen LogP contribution in [0.3, 0.4) is 0 Å². The summed E-state index contributed by atoms with van der Waals surface area (Å²) in [5.41, 5.74) is 0. The Morgan fingerprint density at radius 3 is 2.54 bits per heavy atom. The van der Waals surface area contributed by atoms with Crippen molar-refractivity contribution in [1.29, 1.82) is 0 Å². The first kappa shape index (κ1) is 21.2. The minimum absolute atomic E-state index is 0. The lowest BCUT2D eigenvalue weighted by atomic mass is 10.4. The largest absolute Gasteiger partial charge is 0.356 e. The lowest BCUT2D eigenvalue weighted by Crippen LogP contribution is -2.46. The Balaban J connectivity index is 0.00000288. The Labute approximate surface area is 161 Å². The fourth-order valence-electron chi connectivity index (χ4n) is 2.41.